The first-order chi connectivity index (χ1) is 7.80. The number of rotatable bonds is 4. The summed E-state index contributed by atoms with van der Waals surface area (Å²) in [5.74, 6) is -1.28. The van der Waals surface area contributed by atoms with Crippen LogP contribution in [0.1, 0.15) is 20.8 Å². The van der Waals surface area contributed by atoms with Crippen LogP contribution in [-0.4, -0.2) is 43.7 Å². The monoisotopic (exact) mass is 239 g/mol. The summed E-state index contributed by atoms with van der Waals surface area (Å²) in [4.78, 5) is 24.1. The Labute approximate surface area is 99.8 Å². The molecular weight excluding hydrogens is 222 g/mol. The molecule has 6 nitrogen and oxygen atoms in total. The number of aliphatic carboxylic acids is 1. The van der Waals surface area contributed by atoms with Crippen LogP contribution < -0.4 is 0 Å². The van der Waals surface area contributed by atoms with Gasteiger partial charge < -0.3 is 10.0 Å². The van der Waals surface area contributed by atoms with Crippen LogP contribution in [0.2, 0.25) is 0 Å². The predicted molar refractivity (Wildman–Crippen MR) is 61.3 cm³/mol. The van der Waals surface area contributed by atoms with Crippen LogP contribution >= 0.6 is 0 Å². The maximum Gasteiger partial charge on any atom is 0.323 e. The zero-order valence-corrected chi connectivity index (χ0v) is 10.3. The largest absolute Gasteiger partial charge is 0.480 e. The number of hydrogen-bond donors (Lipinski definition) is 1. The molecule has 17 heavy (non-hydrogen) atoms. The number of carbonyl (C=O) groups excluding carboxylic acids is 1. The lowest BCUT2D eigenvalue weighted by molar-refractivity contribution is -0.148. The fourth-order valence-electron chi connectivity index (χ4n) is 1.45. The Balaban J connectivity index is 2.76. The molecule has 0 radical (unpaired) electrons. The van der Waals surface area contributed by atoms with E-state index < -0.39 is 11.5 Å². The van der Waals surface area contributed by atoms with Crippen molar-refractivity contribution in [2.75, 3.05) is 6.54 Å². The molecule has 1 aromatic rings. The Hall–Kier alpha value is -1.85. The van der Waals surface area contributed by atoms with E-state index in [-0.39, 0.29) is 19.0 Å². The first-order valence-corrected chi connectivity index (χ1v) is 5.30. The molecule has 0 atom stereocenters. The van der Waals surface area contributed by atoms with Crippen LogP contribution in [0.5, 0.6) is 0 Å². The van der Waals surface area contributed by atoms with E-state index in [1.165, 1.54) is 9.58 Å². The molecule has 1 rings (SSSR count). The fraction of sp³-hybridized carbons (Fsp3) is 0.545. The van der Waals surface area contributed by atoms with Crippen molar-refractivity contribution < 1.29 is 14.7 Å². The lowest BCUT2D eigenvalue weighted by Crippen LogP contribution is -2.49. The second kappa shape index (κ2) is 4.99. The third-order valence-corrected chi connectivity index (χ3v) is 2.26. The molecule has 0 unspecified atom stereocenters. The average molecular weight is 239 g/mol. The van der Waals surface area contributed by atoms with Crippen molar-refractivity contribution in [2.45, 2.75) is 32.9 Å². The van der Waals surface area contributed by atoms with Gasteiger partial charge in [0.1, 0.15) is 13.1 Å². The Morgan fingerprint density at radius 2 is 2.06 bits per heavy atom. The average Bonchev–Trinajstić information content (AvgIpc) is 2.64. The third-order valence-electron chi connectivity index (χ3n) is 2.26. The fourth-order valence-corrected chi connectivity index (χ4v) is 1.45. The van der Waals surface area contributed by atoms with Crippen molar-refractivity contribution in [3.05, 3.63) is 18.5 Å². The van der Waals surface area contributed by atoms with E-state index in [9.17, 15) is 9.59 Å². The highest BCUT2D eigenvalue weighted by Gasteiger charge is 2.28. The van der Waals surface area contributed by atoms with Crippen molar-refractivity contribution in [3.63, 3.8) is 0 Å². The van der Waals surface area contributed by atoms with Crippen LogP contribution in [-0.2, 0) is 16.1 Å². The van der Waals surface area contributed by atoms with Gasteiger partial charge >= 0.3 is 5.97 Å². The van der Waals surface area contributed by atoms with Gasteiger partial charge in [-0.15, -0.1) is 0 Å². The maximum absolute atomic E-state index is 12.0. The van der Waals surface area contributed by atoms with Crippen LogP contribution in [0.4, 0.5) is 0 Å². The number of nitrogens with zero attached hydrogens (tertiary/aromatic N) is 3. The minimum absolute atomic E-state index is 0.0531. The summed E-state index contributed by atoms with van der Waals surface area (Å²) in [5, 5.41) is 12.7. The van der Waals surface area contributed by atoms with E-state index in [0.29, 0.717) is 0 Å². The van der Waals surface area contributed by atoms with Gasteiger partial charge in [-0.3, -0.25) is 14.3 Å². The van der Waals surface area contributed by atoms with Gasteiger partial charge in [0.25, 0.3) is 0 Å². The molecule has 0 aliphatic carbocycles. The molecule has 0 aliphatic rings. The molecule has 0 saturated heterocycles. The van der Waals surface area contributed by atoms with Gasteiger partial charge in [-0.25, -0.2) is 0 Å². The molecule has 1 aromatic heterocycles. The summed E-state index contributed by atoms with van der Waals surface area (Å²) in [6.45, 7) is 5.16. The van der Waals surface area contributed by atoms with Gasteiger partial charge in [0.05, 0.1) is 0 Å². The molecule has 0 spiro atoms. The van der Waals surface area contributed by atoms with Gasteiger partial charge in [0.2, 0.25) is 5.91 Å². The van der Waals surface area contributed by atoms with E-state index in [4.69, 9.17) is 5.11 Å². The molecule has 1 amide bonds. The summed E-state index contributed by atoms with van der Waals surface area (Å²) in [6, 6.07) is 1.71. The summed E-state index contributed by atoms with van der Waals surface area (Å²) in [7, 11) is 0. The summed E-state index contributed by atoms with van der Waals surface area (Å²) < 4.78 is 1.48. The molecule has 6 heteroatoms. The lowest BCUT2D eigenvalue weighted by Gasteiger charge is -2.34. The number of hydrogen-bond acceptors (Lipinski definition) is 3. The Morgan fingerprint density at radius 3 is 2.47 bits per heavy atom. The summed E-state index contributed by atoms with van der Waals surface area (Å²) in [5.41, 5.74) is -0.525. The van der Waals surface area contributed by atoms with Gasteiger partial charge in [0, 0.05) is 17.9 Å². The number of amides is 1. The SMILES string of the molecule is CC(C)(C)N(CC(=O)O)C(=O)Cn1cccn1. The van der Waals surface area contributed by atoms with Crippen molar-refractivity contribution in [1.82, 2.24) is 14.7 Å². The highest BCUT2D eigenvalue weighted by molar-refractivity contribution is 5.81. The van der Waals surface area contributed by atoms with E-state index in [1.54, 1.807) is 39.2 Å². The smallest absolute Gasteiger partial charge is 0.323 e. The molecule has 1 heterocycles. The standard InChI is InChI=1S/C11H17N3O3/c1-11(2,3)14(8-10(16)17)9(15)7-13-6-4-5-12-13/h4-6H,7-8H2,1-3H3,(H,16,17). The highest BCUT2D eigenvalue weighted by Crippen LogP contribution is 2.13. The topological polar surface area (TPSA) is 75.4 Å². The third kappa shape index (κ3) is 3.90. The van der Waals surface area contributed by atoms with Gasteiger partial charge in [-0.2, -0.15) is 5.10 Å². The van der Waals surface area contributed by atoms with Gasteiger partial charge in [0.15, 0.2) is 0 Å². The highest BCUT2D eigenvalue weighted by atomic mass is 16.4. The van der Waals surface area contributed by atoms with E-state index >= 15 is 0 Å². The lowest BCUT2D eigenvalue weighted by atomic mass is 10.1. The van der Waals surface area contributed by atoms with E-state index in [0.717, 1.165) is 0 Å². The minimum Gasteiger partial charge on any atom is -0.480 e. The normalized spacial score (nSPS) is 11.2. The van der Waals surface area contributed by atoms with Crippen LogP contribution in [0.3, 0.4) is 0 Å². The molecule has 94 valence electrons. The van der Waals surface area contributed by atoms with Crippen LogP contribution in [0, 0.1) is 0 Å². The Morgan fingerprint density at radius 1 is 1.41 bits per heavy atom. The zero-order chi connectivity index (χ0) is 13.1. The van der Waals surface area contributed by atoms with Crippen molar-refractivity contribution in [2.24, 2.45) is 0 Å². The number of aromatic nitrogens is 2. The summed E-state index contributed by atoms with van der Waals surface area (Å²) >= 11 is 0. The predicted octanol–water partition coefficient (Wildman–Crippen LogP) is 0.595. The van der Waals surface area contributed by atoms with Crippen LogP contribution in [0.25, 0.3) is 0 Å². The first kappa shape index (κ1) is 13.2. The number of carboxylic acids is 1. The minimum atomic E-state index is -1.02. The second-order valence-corrected chi connectivity index (χ2v) is 4.75. The van der Waals surface area contributed by atoms with Crippen LogP contribution in [0.15, 0.2) is 18.5 Å². The molecule has 0 aromatic carbocycles. The quantitative estimate of drug-likeness (QED) is 0.834. The summed E-state index contributed by atoms with van der Waals surface area (Å²) in [6.07, 6.45) is 3.24. The Kier molecular flexibility index (Phi) is 3.88. The van der Waals surface area contributed by atoms with Gasteiger partial charge in [-0.1, -0.05) is 0 Å². The Bertz CT molecular complexity index is 393. The first-order valence-electron chi connectivity index (χ1n) is 5.30. The molecule has 1 N–H and O–H groups in total. The van der Waals surface area contributed by atoms with Gasteiger partial charge in [-0.05, 0) is 26.8 Å². The van der Waals surface area contributed by atoms with Crippen molar-refractivity contribution in [1.29, 1.82) is 0 Å². The number of carbonyl (C=O) groups is 2. The van der Waals surface area contributed by atoms with E-state index in [2.05, 4.69) is 5.10 Å². The number of carboxylic acid groups (broad SMARTS) is 1. The van der Waals surface area contributed by atoms with E-state index in [1.807, 2.05) is 0 Å². The molecule has 0 fully saturated rings. The molecule has 0 bridgehead atoms. The molecule has 0 saturated carbocycles. The maximum atomic E-state index is 12.0. The molecule has 0 aliphatic heterocycles. The van der Waals surface area contributed by atoms with Crippen molar-refractivity contribution >= 4 is 11.9 Å². The molecular formula is C11H17N3O3. The second-order valence-electron chi connectivity index (χ2n) is 4.75. The van der Waals surface area contributed by atoms with Crippen molar-refractivity contribution in [3.8, 4) is 0 Å². The zero-order valence-electron chi connectivity index (χ0n) is 10.3.